The maximum absolute atomic E-state index is 12.3. The number of fused-ring (bicyclic) bond motifs is 3. The molecule has 0 spiro atoms. The van der Waals surface area contributed by atoms with Crippen molar-refractivity contribution in [1.29, 1.82) is 0 Å². The first-order valence-electron chi connectivity index (χ1n) is 7.10. The van der Waals surface area contributed by atoms with E-state index in [4.69, 9.17) is 6.42 Å². The Bertz CT molecular complexity index is 542. The van der Waals surface area contributed by atoms with Gasteiger partial charge in [-0.3, -0.25) is 4.79 Å². The van der Waals surface area contributed by atoms with E-state index in [9.17, 15) is 4.79 Å². The zero-order chi connectivity index (χ0) is 13.4. The quantitative estimate of drug-likeness (QED) is 0.824. The lowest BCUT2D eigenvalue weighted by Gasteiger charge is -2.13. The number of carbonyl (C=O) groups is 1. The molecule has 98 valence electrons. The number of hydrogen-bond acceptors (Lipinski definition) is 1. The zero-order valence-electron chi connectivity index (χ0n) is 11.2. The highest BCUT2D eigenvalue weighted by molar-refractivity contribution is 5.84. The second-order valence-electron chi connectivity index (χ2n) is 5.59. The lowest BCUT2D eigenvalue weighted by Crippen LogP contribution is -2.34. The molecule has 0 aromatic heterocycles. The van der Waals surface area contributed by atoms with Gasteiger partial charge in [0.05, 0.1) is 6.04 Å². The van der Waals surface area contributed by atoms with Crippen molar-refractivity contribution in [3.05, 3.63) is 35.4 Å². The van der Waals surface area contributed by atoms with E-state index in [1.807, 2.05) is 6.92 Å². The number of nitrogens with one attached hydrogen (secondary N) is 1. The molecule has 0 radical (unpaired) electrons. The van der Waals surface area contributed by atoms with Gasteiger partial charge < -0.3 is 5.32 Å². The molecule has 1 aromatic rings. The SMILES string of the molecule is C#CC(CC)NC(=O)C1C2CCc3ccccc3C21. The first-order chi connectivity index (χ1) is 9.26. The molecule has 4 atom stereocenters. The van der Waals surface area contributed by atoms with Crippen molar-refractivity contribution in [1.82, 2.24) is 5.32 Å². The fraction of sp³-hybridized carbons (Fsp3) is 0.471. The third kappa shape index (κ3) is 2.04. The van der Waals surface area contributed by atoms with Gasteiger partial charge in [0.1, 0.15) is 0 Å². The van der Waals surface area contributed by atoms with E-state index in [1.54, 1.807) is 0 Å². The summed E-state index contributed by atoms with van der Waals surface area (Å²) in [4.78, 5) is 12.3. The van der Waals surface area contributed by atoms with Gasteiger partial charge in [0.25, 0.3) is 0 Å². The van der Waals surface area contributed by atoms with Crippen LogP contribution in [0.25, 0.3) is 0 Å². The van der Waals surface area contributed by atoms with E-state index < -0.39 is 0 Å². The lowest BCUT2D eigenvalue weighted by atomic mass is 9.92. The van der Waals surface area contributed by atoms with Crippen LogP contribution in [0, 0.1) is 24.2 Å². The molecule has 0 saturated heterocycles. The Morgan fingerprint density at radius 2 is 2.32 bits per heavy atom. The molecule has 1 amide bonds. The number of terminal acetylenes is 1. The Balaban J connectivity index is 1.74. The Hall–Kier alpha value is -1.75. The fourth-order valence-corrected chi connectivity index (χ4v) is 3.45. The highest BCUT2D eigenvalue weighted by Crippen LogP contribution is 2.59. The monoisotopic (exact) mass is 253 g/mol. The highest BCUT2D eigenvalue weighted by atomic mass is 16.2. The molecule has 2 nitrogen and oxygen atoms in total. The molecule has 1 N–H and O–H groups in total. The van der Waals surface area contributed by atoms with Crippen LogP contribution < -0.4 is 5.32 Å². The average molecular weight is 253 g/mol. The lowest BCUT2D eigenvalue weighted by molar-refractivity contribution is -0.123. The number of aryl methyl sites for hydroxylation is 1. The van der Waals surface area contributed by atoms with E-state index in [0.717, 1.165) is 19.3 Å². The van der Waals surface area contributed by atoms with Gasteiger partial charge in [-0.15, -0.1) is 6.42 Å². The molecular formula is C17H19NO. The van der Waals surface area contributed by atoms with Crippen LogP contribution in [0.2, 0.25) is 0 Å². The maximum Gasteiger partial charge on any atom is 0.225 e. The minimum absolute atomic E-state index is 0.120. The second-order valence-corrected chi connectivity index (χ2v) is 5.59. The molecule has 4 unspecified atom stereocenters. The Kier molecular flexibility index (Phi) is 3.06. The first kappa shape index (κ1) is 12.3. The highest BCUT2D eigenvalue weighted by Gasteiger charge is 2.56. The van der Waals surface area contributed by atoms with Gasteiger partial charge in [0.15, 0.2) is 0 Å². The Labute approximate surface area is 114 Å². The van der Waals surface area contributed by atoms with Crippen LogP contribution in [0.3, 0.4) is 0 Å². The van der Waals surface area contributed by atoms with Crippen molar-refractivity contribution < 1.29 is 4.79 Å². The first-order valence-corrected chi connectivity index (χ1v) is 7.10. The van der Waals surface area contributed by atoms with E-state index in [2.05, 4.69) is 35.5 Å². The van der Waals surface area contributed by atoms with E-state index in [0.29, 0.717) is 11.8 Å². The smallest absolute Gasteiger partial charge is 0.225 e. The fourth-order valence-electron chi connectivity index (χ4n) is 3.45. The molecule has 1 aromatic carbocycles. The largest absolute Gasteiger partial charge is 0.342 e. The number of rotatable bonds is 3. The van der Waals surface area contributed by atoms with Crippen LogP contribution >= 0.6 is 0 Å². The van der Waals surface area contributed by atoms with Crippen LogP contribution in [0.1, 0.15) is 36.8 Å². The number of carbonyl (C=O) groups excluding carboxylic acids is 1. The van der Waals surface area contributed by atoms with E-state index in [1.165, 1.54) is 11.1 Å². The molecule has 0 bridgehead atoms. The predicted molar refractivity (Wildman–Crippen MR) is 75.5 cm³/mol. The summed E-state index contributed by atoms with van der Waals surface area (Å²) in [6.07, 6.45) is 8.44. The molecule has 3 rings (SSSR count). The maximum atomic E-state index is 12.3. The molecule has 2 aliphatic rings. The van der Waals surface area contributed by atoms with Crippen molar-refractivity contribution >= 4 is 5.91 Å². The van der Waals surface area contributed by atoms with Crippen LogP contribution in [0.5, 0.6) is 0 Å². The summed E-state index contributed by atoms with van der Waals surface area (Å²) in [5.41, 5.74) is 2.80. The normalized spacial score (nSPS) is 28.5. The van der Waals surface area contributed by atoms with Crippen molar-refractivity contribution in [3.8, 4) is 12.3 Å². The summed E-state index contributed by atoms with van der Waals surface area (Å²) in [7, 11) is 0. The minimum Gasteiger partial charge on any atom is -0.342 e. The van der Waals surface area contributed by atoms with E-state index in [-0.39, 0.29) is 17.9 Å². The minimum atomic E-state index is -0.120. The van der Waals surface area contributed by atoms with E-state index >= 15 is 0 Å². The van der Waals surface area contributed by atoms with Crippen molar-refractivity contribution in [2.24, 2.45) is 11.8 Å². The summed E-state index contributed by atoms with van der Waals surface area (Å²) >= 11 is 0. The third-order valence-corrected chi connectivity index (χ3v) is 4.56. The summed E-state index contributed by atoms with van der Waals surface area (Å²) in [6.45, 7) is 2.00. The molecule has 0 heterocycles. The number of amides is 1. The predicted octanol–water partition coefficient (Wildman–Crippen LogP) is 2.49. The summed E-state index contributed by atoms with van der Waals surface area (Å²) in [6, 6.07) is 8.41. The molecule has 1 saturated carbocycles. The molecule has 0 aliphatic heterocycles. The van der Waals surface area contributed by atoms with Gasteiger partial charge in [-0.25, -0.2) is 0 Å². The second kappa shape index (κ2) is 4.74. The third-order valence-electron chi connectivity index (χ3n) is 4.56. The van der Waals surface area contributed by atoms with Gasteiger partial charge in [-0.05, 0) is 42.2 Å². The van der Waals surface area contributed by atoms with Crippen LogP contribution in [0.4, 0.5) is 0 Å². The van der Waals surface area contributed by atoms with Gasteiger partial charge in [0.2, 0.25) is 5.91 Å². The Morgan fingerprint density at radius 3 is 3.05 bits per heavy atom. The summed E-state index contributed by atoms with van der Waals surface area (Å²) in [5, 5.41) is 2.99. The van der Waals surface area contributed by atoms with Crippen LogP contribution in [-0.2, 0) is 11.2 Å². The summed E-state index contributed by atoms with van der Waals surface area (Å²) < 4.78 is 0. The van der Waals surface area contributed by atoms with Crippen molar-refractivity contribution in [2.45, 2.75) is 38.1 Å². The number of benzene rings is 1. The number of hydrogen-bond donors (Lipinski definition) is 1. The molecular weight excluding hydrogens is 234 g/mol. The molecule has 1 fully saturated rings. The Morgan fingerprint density at radius 1 is 1.53 bits per heavy atom. The van der Waals surface area contributed by atoms with Crippen LogP contribution in [0.15, 0.2) is 24.3 Å². The van der Waals surface area contributed by atoms with Gasteiger partial charge in [-0.1, -0.05) is 37.1 Å². The average Bonchev–Trinajstić information content (AvgIpc) is 3.19. The van der Waals surface area contributed by atoms with Gasteiger partial charge >= 0.3 is 0 Å². The molecule has 2 aliphatic carbocycles. The van der Waals surface area contributed by atoms with Gasteiger partial charge in [0, 0.05) is 5.92 Å². The summed E-state index contributed by atoms with van der Waals surface area (Å²) in [5.74, 6) is 3.89. The zero-order valence-corrected chi connectivity index (χ0v) is 11.2. The topological polar surface area (TPSA) is 29.1 Å². The van der Waals surface area contributed by atoms with Gasteiger partial charge in [-0.2, -0.15) is 0 Å². The molecule has 2 heteroatoms. The van der Waals surface area contributed by atoms with Crippen molar-refractivity contribution in [3.63, 3.8) is 0 Å². The van der Waals surface area contributed by atoms with Crippen molar-refractivity contribution in [2.75, 3.05) is 0 Å². The standard InChI is InChI=1S/C17H19NO/c1-3-12(4-2)18-17(19)16-14-10-9-11-7-5-6-8-13(11)15(14)16/h1,5-8,12,14-16H,4,9-10H2,2H3,(H,18,19). The molecule has 19 heavy (non-hydrogen) atoms. The van der Waals surface area contributed by atoms with Crippen LogP contribution in [-0.4, -0.2) is 11.9 Å².